The van der Waals surface area contributed by atoms with Gasteiger partial charge in [-0.25, -0.2) is 0 Å². The van der Waals surface area contributed by atoms with E-state index in [-0.39, 0.29) is 29.5 Å². The smallest absolute Gasteiger partial charge is 0.284 e. The molecular weight excluding hydrogens is 514 g/mol. The number of nitrogens with zero attached hydrogens (tertiary/aromatic N) is 4. The number of fused-ring (bicyclic) bond motifs is 1. The van der Waals surface area contributed by atoms with Gasteiger partial charge in [-0.3, -0.25) is 9.48 Å². The van der Waals surface area contributed by atoms with Crippen molar-refractivity contribution < 1.29 is 18.3 Å². The fourth-order valence-electron chi connectivity index (χ4n) is 3.68. The number of benzene rings is 3. The van der Waals surface area contributed by atoms with Crippen LogP contribution in [0.15, 0.2) is 76.2 Å². The Morgan fingerprint density at radius 2 is 1.84 bits per heavy atom. The molecule has 0 saturated carbocycles. The van der Waals surface area contributed by atoms with E-state index in [1.54, 1.807) is 55.3 Å². The van der Waals surface area contributed by atoms with E-state index in [0.29, 0.717) is 28.0 Å². The van der Waals surface area contributed by atoms with Crippen molar-refractivity contribution in [1.29, 1.82) is 0 Å². The maximum atomic E-state index is 13.1. The van der Waals surface area contributed by atoms with Crippen molar-refractivity contribution in [2.45, 2.75) is 24.5 Å². The summed E-state index contributed by atoms with van der Waals surface area (Å²) in [4.78, 5) is 14.2. The van der Waals surface area contributed by atoms with Crippen LogP contribution in [0, 0.1) is 0 Å². The van der Waals surface area contributed by atoms with Crippen molar-refractivity contribution in [3.8, 4) is 0 Å². The quantitative estimate of drug-likeness (QED) is 0.247. The molecule has 37 heavy (non-hydrogen) atoms. The van der Waals surface area contributed by atoms with Crippen LogP contribution in [0.1, 0.15) is 16.7 Å². The van der Waals surface area contributed by atoms with E-state index >= 15 is 0 Å². The second-order valence-corrected chi connectivity index (χ2v) is 10.7. The minimum absolute atomic E-state index is 0.0247. The minimum atomic E-state index is -4.10. The van der Waals surface area contributed by atoms with Crippen molar-refractivity contribution in [3.63, 3.8) is 0 Å². The van der Waals surface area contributed by atoms with Gasteiger partial charge in [0.2, 0.25) is 5.91 Å². The highest BCUT2D eigenvalue weighted by atomic mass is 35.5. The third-order valence-corrected chi connectivity index (χ3v) is 7.11. The van der Waals surface area contributed by atoms with Gasteiger partial charge in [0, 0.05) is 36.4 Å². The predicted molar refractivity (Wildman–Crippen MR) is 144 cm³/mol. The fraction of sp³-hybridized carbons (Fsp3) is 0.192. The van der Waals surface area contributed by atoms with Gasteiger partial charge < -0.3 is 15.3 Å². The molecule has 1 aromatic heterocycles. The highest BCUT2D eigenvalue weighted by molar-refractivity contribution is 7.90. The zero-order valence-corrected chi connectivity index (χ0v) is 21.9. The van der Waals surface area contributed by atoms with Crippen LogP contribution >= 0.6 is 11.6 Å². The third-order valence-electron chi connectivity index (χ3n) is 5.47. The number of halogens is 1. The molecule has 9 nitrogen and oxygen atoms in total. The SMILES string of the molecule is CN(C)C=NS(=O)(=O)c1cc(NC(=O)Cc2ccccc2Cl)cc2nn(Cc3ccc(CO)cc3)cc12. The van der Waals surface area contributed by atoms with Gasteiger partial charge in [-0.15, -0.1) is 4.40 Å². The molecule has 0 unspecified atom stereocenters. The van der Waals surface area contributed by atoms with Gasteiger partial charge in [-0.05, 0) is 34.9 Å². The summed E-state index contributed by atoms with van der Waals surface area (Å²) in [6, 6.07) is 17.4. The average molecular weight is 540 g/mol. The first-order chi connectivity index (χ1) is 17.6. The molecule has 0 radical (unpaired) electrons. The van der Waals surface area contributed by atoms with Crippen molar-refractivity contribution in [2.75, 3.05) is 19.4 Å². The summed E-state index contributed by atoms with van der Waals surface area (Å²) in [5.41, 5.74) is 3.04. The number of carbonyl (C=O) groups excluding carboxylic acids is 1. The molecule has 3 aromatic carbocycles. The summed E-state index contributed by atoms with van der Waals surface area (Å²) in [5, 5.41) is 17.4. The lowest BCUT2D eigenvalue weighted by Gasteiger charge is -2.09. The molecule has 192 valence electrons. The van der Waals surface area contributed by atoms with Crippen molar-refractivity contribution >= 4 is 50.5 Å². The van der Waals surface area contributed by atoms with Crippen LogP contribution in [0.2, 0.25) is 5.02 Å². The normalized spacial score (nSPS) is 11.8. The molecule has 0 aliphatic heterocycles. The van der Waals surface area contributed by atoms with Crippen LogP contribution in [0.5, 0.6) is 0 Å². The first kappa shape index (κ1) is 26.3. The van der Waals surface area contributed by atoms with E-state index in [1.165, 1.54) is 17.3 Å². The van der Waals surface area contributed by atoms with Gasteiger partial charge in [0.1, 0.15) is 11.2 Å². The monoisotopic (exact) mass is 539 g/mol. The van der Waals surface area contributed by atoms with E-state index in [4.69, 9.17) is 11.6 Å². The van der Waals surface area contributed by atoms with Crippen molar-refractivity contribution in [1.82, 2.24) is 14.7 Å². The Morgan fingerprint density at radius 1 is 1.14 bits per heavy atom. The highest BCUT2D eigenvalue weighted by Gasteiger charge is 2.21. The summed E-state index contributed by atoms with van der Waals surface area (Å²) in [5.74, 6) is -0.351. The van der Waals surface area contributed by atoms with Crippen LogP contribution in [-0.4, -0.2) is 54.5 Å². The van der Waals surface area contributed by atoms with Gasteiger partial charge in [0.05, 0.1) is 25.1 Å². The van der Waals surface area contributed by atoms with Gasteiger partial charge in [-0.1, -0.05) is 54.1 Å². The number of hydrogen-bond donors (Lipinski definition) is 2. The fourth-order valence-corrected chi connectivity index (χ4v) is 5.02. The lowest BCUT2D eigenvalue weighted by molar-refractivity contribution is -0.115. The first-order valence-corrected chi connectivity index (χ1v) is 13.2. The number of nitrogens with one attached hydrogen (secondary N) is 1. The lowest BCUT2D eigenvalue weighted by Crippen LogP contribution is -2.15. The molecule has 0 atom stereocenters. The van der Waals surface area contributed by atoms with E-state index in [9.17, 15) is 18.3 Å². The van der Waals surface area contributed by atoms with E-state index in [1.807, 2.05) is 24.3 Å². The minimum Gasteiger partial charge on any atom is -0.392 e. The van der Waals surface area contributed by atoms with E-state index in [2.05, 4.69) is 14.8 Å². The van der Waals surface area contributed by atoms with Gasteiger partial charge in [0.15, 0.2) is 0 Å². The number of carbonyl (C=O) groups is 1. The molecule has 0 saturated heterocycles. The molecule has 1 heterocycles. The Balaban J connectivity index is 1.70. The van der Waals surface area contributed by atoms with Gasteiger partial charge in [-0.2, -0.15) is 13.5 Å². The molecule has 0 aliphatic carbocycles. The highest BCUT2D eigenvalue weighted by Crippen LogP contribution is 2.29. The Hall–Kier alpha value is -3.73. The summed E-state index contributed by atoms with van der Waals surface area (Å²) >= 11 is 6.18. The molecular formula is C26H26ClN5O4S. The molecule has 4 aromatic rings. The molecule has 0 aliphatic rings. The molecule has 2 N–H and O–H groups in total. The topological polar surface area (TPSA) is 117 Å². The summed E-state index contributed by atoms with van der Waals surface area (Å²) < 4.78 is 31.7. The molecule has 1 amide bonds. The predicted octanol–water partition coefficient (Wildman–Crippen LogP) is 3.69. The summed E-state index contributed by atoms with van der Waals surface area (Å²) in [6.07, 6.45) is 2.87. The lowest BCUT2D eigenvalue weighted by atomic mass is 10.1. The van der Waals surface area contributed by atoms with Crippen molar-refractivity contribution in [2.24, 2.45) is 4.40 Å². The number of amides is 1. The average Bonchev–Trinajstić information content (AvgIpc) is 3.26. The zero-order chi connectivity index (χ0) is 26.6. The van der Waals surface area contributed by atoms with Crippen molar-refractivity contribution in [3.05, 3.63) is 88.6 Å². The van der Waals surface area contributed by atoms with E-state index < -0.39 is 10.0 Å². The zero-order valence-electron chi connectivity index (χ0n) is 20.3. The second-order valence-electron chi connectivity index (χ2n) is 8.68. The molecule has 0 fully saturated rings. The van der Waals surface area contributed by atoms with Crippen LogP contribution < -0.4 is 5.32 Å². The molecule has 11 heteroatoms. The molecule has 0 bridgehead atoms. The van der Waals surface area contributed by atoms with Crippen LogP contribution in [0.25, 0.3) is 10.9 Å². The second kappa shape index (κ2) is 11.1. The number of aliphatic hydroxyl groups is 1. The third kappa shape index (κ3) is 6.53. The maximum absolute atomic E-state index is 13.1. The number of rotatable bonds is 9. The van der Waals surface area contributed by atoms with Crippen LogP contribution in [0.3, 0.4) is 0 Å². The van der Waals surface area contributed by atoms with E-state index in [0.717, 1.165) is 11.1 Å². The molecule has 0 spiro atoms. The first-order valence-electron chi connectivity index (χ1n) is 11.3. The summed E-state index contributed by atoms with van der Waals surface area (Å²) in [7, 11) is -0.767. The van der Waals surface area contributed by atoms with Crippen LogP contribution in [0.4, 0.5) is 5.69 Å². The molecule has 4 rings (SSSR count). The van der Waals surface area contributed by atoms with Crippen LogP contribution in [-0.2, 0) is 34.4 Å². The summed E-state index contributed by atoms with van der Waals surface area (Å²) in [6.45, 7) is 0.334. The Kier molecular flexibility index (Phi) is 7.91. The number of aromatic nitrogens is 2. The standard InChI is InChI=1S/C26H26ClN5O4S/c1-31(2)17-28-37(35,36)25-13-21(29-26(34)11-20-5-3-4-6-23(20)27)12-24-22(25)15-32(30-24)14-18-7-9-19(16-33)10-8-18/h3-10,12-13,15,17,33H,11,14,16H2,1-2H3,(H,29,34). The number of anilines is 1. The Bertz CT molecular complexity index is 1560. The van der Waals surface area contributed by atoms with Gasteiger partial charge >= 0.3 is 0 Å². The number of sulfonamides is 1. The van der Waals surface area contributed by atoms with Gasteiger partial charge in [0.25, 0.3) is 10.0 Å². The Labute approximate surface area is 220 Å². The maximum Gasteiger partial charge on any atom is 0.284 e. The number of hydrogen-bond acceptors (Lipinski definition) is 5. The largest absolute Gasteiger partial charge is 0.392 e. The Morgan fingerprint density at radius 3 is 2.51 bits per heavy atom. The number of aliphatic hydroxyl groups excluding tert-OH is 1.